The highest BCUT2D eigenvalue weighted by Gasteiger charge is 2.09. The zero-order chi connectivity index (χ0) is 16.4. The van der Waals surface area contributed by atoms with Gasteiger partial charge in [-0.15, -0.1) is 0 Å². The second kappa shape index (κ2) is 9.66. The van der Waals surface area contributed by atoms with Crippen LogP contribution < -0.4 is 16.4 Å². The number of amides is 2. The van der Waals surface area contributed by atoms with E-state index in [0.29, 0.717) is 23.9 Å². The number of hydrogen-bond acceptors (Lipinski definition) is 6. The first kappa shape index (κ1) is 17.8. The van der Waals surface area contributed by atoms with Crippen molar-refractivity contribution in [3.8, 4) is 0 Å². The van der Waals surface area contributed by atoms with E-state index in [0.717, 1.165) is 0 Å². The van der Waals surface area contributed by atoms with E-state index in [1.54, 1.807) is 24.3 Å². The molecular weight excluding hydrogens is 289 g/mol. The standard InChI is InChI=1S/C13H18BN3O5/c18-12(3-1-2-4-13(19)17-22)16-15-9-10-5-7-11(8-6-10)14(20)21/h5-9,20-22H,1-4H2,(H,16,18)(H,17,19)/b15-9+. The van der Waals surface area contributed by atoms with Gasteiger partial charge in [0.25, 0.3) is 0 Å². The van der Waals surface area contributed by atoms with Crippen molar-refractivity contribution in [3.63, 3.8) is 0 Å². The summed E-state index contributed by atoms with van der Waals surface area (Å²) in [6.45, 7) is 0. The number of nitrogens with zero attached hydrogens (tertiary/aromatic N) is 1. The Labute approximate surface area is 128 Å². The highest BCUT2D eigenvalue weighted by Crippen LogP contribution is 1.99. The summed E-state index contributed by atoms with van der Waals surface area (Å²) < 4.78 is 0. The molecule has 118 valence electrons. The molecular formula is C13H18BN3O5. The summed E-state index contributed by atoms with van der Waals surface area (Å²) in [4.78, 5) is 22.2. The monoisotopic (exact) mass is 307 g/mol. The summed E-state index contributed by atoms with van der Waals surface area (Å²) in [6.07, 6.45) is 2.83. The molecule has 0 aliphatic heterocycles. The van der Waals surface area contributed by atoms with Gasteiger partial charge in [0.05, 0.1) is 6.21 Å². The lowest BCUT2D eigenvalue weighted by molar-refractivity contribution is -0.129. The summed E-state index contributed by atoms with van der Waals surface area (Å²) in [5.74, 6) is -0.752. The molecule has 1 aromatic carbocycles. The van der Waals surface area contributed by atoms with Crippen molar-refractivity contribution in [1.29, 1.82) is 0 Å². The number of carbonyl (C=O) groups excluding carboxylic acids is 2. The first-order chi connectivity index (χ1) is 10.5. The minimum atomic E-state index is -1.52. The Bertz CT molecular complexity index is 519. The maximum absolute atomic E-state index is 11.4. The second-order valence-electron chi connectivity index (χ2n) is 4.58. The zero-order valence-corrected chi connectivity index (χ0v) is 11.9. The van der Waals surface area contributed by atoms with Crippen LogP contribution in [0.4, 0.5) is 0 Å². The number of hydroxylamine groups is 1. The van der Waals surface area contributed by atoms with Crippen LogP contribution in [0.3, 0.4) is 0 Å². The molecule has 0 fully saturated rings. The average Bonchev–Trinajstić information content (AvgIpc) is 2.51. The molecule has 0 atom stereocenters. The van der Waals surface area contributed by atoms with Crippen LogP contribution in [-0.2, 0) is 9.59 Å². The van der Waals surface area contributed by atoms with E-state index in [1.807, 2.05) is 0 Å². The Morgan fingerprint density at radius 3 is 2.23 bits per heavy atom. The molecule has 0 saturated carbocycles. The Hall–Kier alpha value is -2.23. The third-order valence-electron chi connectivity index (χ3n) is 2.82. The molecule has 0 heterocycles. The summed E-state index contributed by atoms with van der Waals surface area (Å²) >= 11 is 0. The molecule has 0 unspecified atom stereocenters. The predicted octanol–water partition coefficient (Wildman–Crippen LogP) is -1.12. The Morgan fingerprint density at radius 2 is 1.68 bits per heavy atom. The topological polar surface area (TPSA) is 131 Å². The van der Waals surface area contributed by atoms with Crippen LogP contribution in [0, 0.1) is 0 Å². The van der Waals surface area contributed by atoms with Gasteiger partial charge in [0.2, 0.25) is 11.8 Å². The van der Waals surface area contributed by atoms with Crippen molar-refractivity contribution < 1.29 is 24.8 Å². The second-order valence-corrected chi connectivity index (χ2v) is 4.58. The molecule has 22 heavy (non-hydrogen) atoms. The third-order valence-corrected chi connectivity index (χ3v) is 2.82. The minimum absolute atomic E-state index is 0.163. The third kappa shape index (κ3) is 6.98. The number of rotatable bonds is 8. The molecule has 5 N–H and O–H groups in total. The van der Waals surface area contributed by atoms with Gasteiger partial charge < -0.3 is 10.0 Å². The number of unbranched alkanes of at least 4 members (excludes halogenated alkanes) is 1. The van der Waals surface area contributed by atoms with Gasteiger partial charge in [0.15, 0.2) is 0 Å². The van der Waals surface area contributed by atoms with Crippen molar-refractivity contribution in [2.75, 3.05) is 0 Å². The van der Waals surface area contributed by atoms with E-state index in [9.17, 15) is 9.59 Å². The summed E-state index contributed by atoms with van der Waals surface area (Å²) in [7, 11) is -1.52. The maximum atomic E-state index is 11.4. The fourth-order valence-corrected chi connectivity index (χ4v) is 1.62. The molecule has 0 saturated heterocycles. The molecule has 0 aliphatic carbocycles. The van der Waals surface area contributed by atoms with E-state index < -0.39 is 13.0 Å². The van der Waals surface area contributed by atoms with Crippen LogP contribution in [0.25, 0.3) is 0 Å². The van der Waals surface area contributed by atoms with E-state index >= 15 is 0 Å². The lowest BCUT2D eigenvalue weighted by atomic mass is 9.80. The molecule has 0 spiro atoms. The lowest BCUT2D eigenvalue weighted by Crippen LogP contribution is -2.29. The molecule has 2 amide bonds. The summed E-state index contributed by atoms with van der Waals surface area (Å²) in [5, 5.41) is 30.0. The van der Waals surface area contributed by atoms with E-state index in [1.165, 1.54) is 11.7 Å². The first-order valence-electron chi connectivity index (χ1n) is 6.74. The molecule has 1 aromatic rings. The van der Waals surface area contributed by atoms with Gasteiger partial charge in [-0.3, -0.25) is 14.8 Å². The van der Waals surface area contributed by atoms with E-state index in [2.05, 4.69) is 10.5 Å². The Balaban J connectivity index is 2.26. The van der Waals surface area contributed by atoms with Gasteiger partial charge in [-0.1, -0.05) is 24.3 Å². The number of nitrogens with one attached hydrogen (secondary N) is 2. The van der Waals surface area contributed by atoms with Crippen molar-refractivity contribution in [2.24, 2.45) is 5.10 Å². The van der Waals surface area contributed by atoms with Crippen molar-refractivity contribution >= 4 is 30.6 Å². The summed E-state index contributed by atoms with van der Waals surface area (Å²) in [6, 6.07) is 6.36. The molecule has 1 rings (SSSR count). The summed E-state index contributed by atoms with van der Waals surface area (Å²) in [5.41, 5.74) is 4.94. The molecule has 0 bridgehead atoms. The number of benzene rings is 1. The van der Waals surface area contributed by atoms with Crippen LogP contribution >= 0.6 is 0 Å². The number of hydrogen-bond donors (Lipinski definition) is 5. The normalized spacial score (nSPS) is 10.5. The first-order valence-corrected chi connectivity index (χ1v) is 6.74. The predicted molar refractivity (Wildman–Crippen MR) is 80.4 cm³/mol. The Morgan fingerprint density at radius 1 is 1.09 bits per heavy atom. The van der Waals surface area contributed by atoms with E-state index in [-0.39, 0.29) is 18.7 Å². The molecule has 0 radical (unpaired) electrons. The van der Waals surface area contributed by atoms with Crippen LogP contribution in [0.2, 0.25) is 0 Å². The van der Waals surface area contributed by atoms with Crippen LogP contribution in [0.15, 0.2) is 29.4 Å². The fraction of sp³-hybridized carbons (Fsp3) is 0.308. The zero-order valence-electron chi connectivity index (χ0n) is 11.9. The van der Waals surface area contributed by atoms with Crippen molar-refractivity contribution in [3.05, 3.63) is 29.8 Å². The van der Waals surface area contributed by atoms with Gasteiger partial charge in [0, 0.05) is 12.8 Å². The van der Waals surface area contributed by atoms with Gasteiger partial charge in [0.1, 0.15) is 0 Å². The van der Waals surface area contributed by atoms with Crippen molar-refractivity contribution in [1.82, 2.24) is 10.9 Å². The quantitative estimate of drug-likeness (QED) is 0.136. The molecule has 0 aliphatic rings. The number of hydrazone groups is 1. The average molecular weight is 307 g/mol. The highest BCUT2D eigenvalue weighted by atomic mass is 16.5. The molecule has 0 aromatic heterocycles. The molecule has 9 heteroatoms. The van der Waals surface area contributed by atoms with Gasteiger partial charge in [-0.05, 0) is 23.9 Å². The highest BCUT2D eigenvalue weighted by molar-refractivity contribution is 6.58. The number of carbonyl (C=O) groups is 2. The van der Waals surface area contributed by atoms with Crippen molar-refractivity contribution in [2.45, 2.75) is 25.7 Å². The van der Waals surface area contributed by atoms with Crippen LogP contribution in [0.5, 0.6) is 0 Å². The lowest BCUT2D eigenvalue weighted by Gasteiger charge is -2.01. The largest absolute Gasteiger partial charge is 0.488 e. The van der Waals surface area contributed by atoms with Crippen LogP contribution in [0.1, 0.15) is 31.2 Å². The minimum Gasteiger partial charge on any atom is -0.423 e. The maximum Gasteiger partial charge on any atom is 0.488 e. The van der Waals surface area contributed by atoms with Gasteiger partial charge >= 0.3 is 7.12 Å². The smallest absolute Gasteiger partial charge is 0.423 e. The Kier molecular flexibility index (Phi) is 7.83. The SMILES string of the molecule is O=C(CCCCC(=O)N/N=C/c1ccc(B(O)O)cc1)NO. The van der Waals surface area contributed by atoms with Gasteiger partial charge in [-0.25, -0.2) is 10.9 Å². The van der Waals surface area contributed by atoms with Gasteiger partial charge in [-0.2, -0.15) is 5.10 Å². The van der Waals surface area contributed by atoms with Crippen LogP contribution in [-0.4, -0.2) is 40.4 Å². The van der Waals surface area contributed by atoms with E-state index in [4.69, 9.17) is 15.3 Å². The molecule has 8 nitrogen and oxygen atoms in total. The fourth-order valence-electron chi connectivity index (χ4n) is 1.62.